The molecule has 0 aliphatic carbocycles. The predicted molar refractivity (Wildman–Crippen MR) is 145 cm³/mol. The van der Waals surface area contributed by atoms with Crippen molar-refractivity contribution in [3.05, 3.63) is 115 Å². The van der Waals surface area contributed by atoms with Crippen LogP contribution in [-0.2, 0) is 4.79 Å². The van der Waals surface area contributed by atoms with Crippen LogP contribution < -0.4 is 15.4 Å². The van der Waals surface area contributed by atoms with Crippen LogP contribution in [0.5, 0.6) is 11.5 Å². The summed E-state index contributed by atoms with van der Waals surface area (Å²) < 4.78 is 19.1. The van der Waals surface area contributed by atoms with Crippen LogP contribution in [0.3, 0.4) is 0 Å². The minimum Gasteiger partial charge on any atom is -0.457 e. The average molecular weight is 483 g/mol. The van der Waals surface area contributed by atoms with Crippen molar-refractivity contribution in [1.29, 1.82) is 0 Å². The third-order valence-corrected chi connectivity index (χ3v) is 4.93. The number of halogens is 1. The highest BCUT2D eigenvalue weighted by atomic mass is 19.1. The molecule has 0 saturated heterocycles. The normalized spacial score (nSPS) is 10.9. The van der Waals surface area contributed by atoms with Crippen LogP contribution in [0.25, 0.3) is 10.9 Å². The minimum atomic E-state index is -0.297. The number of aryl methyl sites for hydroxylation is 1. The SMILES string of the molecule is C=C/C(=C\C=NC)Nc1ccc(NC=O)cc1.Cc1ccc(Oc2ccnc3ccc(F)cc23)cc1. The number of ether oxygens (including phenoxy) is 1. The van der Waals surface area contributed by atoms with Gasteiger partial charge < -0.3 is 15.4 Å². The number of pyridine rings is 1. The molecule has 0 aliphatic rings. The summed E-state index contributed by atoms with van der Waals surface area (Å²) in [6, 6.07) is 21.3. The number of hydrogen-bond donors (Lipinski definition) is 2. The van der Waals surface area contributed by atoms with Gasteiger partial charge in [0.1, 0.15) is 17.3 Å². The Kier molecular flexibility index (Phi) is 9.47. The van der Waals surface area contributed by atoms with Crippen molar-refractivity contribution in [3.8, 4) is 11.5 Å². The number of nitrogens with one attached hydrogen (secondary N) is 2. The van der Waals surface area contributed by atoms with Gasteiger partial charge in [-0.3, -0.25) is 14.8 Å². The van der Waals surface area contributed by atoms with Gasteiger partial charge in [-0.1, -0.05) is 24.3 Å². The van der Waals surface area contributed by atoms with E-state index < -0.39 is 0 Å². The molecule has 182 valence electrons. The molecule has 1 heterocycles. The van der Waals surface area contributed by atoms with Crippen molar-refractivity contribution in [2.24, 2.45) is 4.99 Å². The van der Waals surface area contributed by atoms with Gasteiger partial charge in [0.15, 0.2) is 0 Å². The maximum atomic E-state index is 13.3. The standard InChI is InChI=1S/C16H12FNO.C13H15N3O/c1-11-2-5-13(6-3-11)19-16-8-9-18-15-7-4-12(17)10-14(15)16;1-3-11(8-9-14-2)16-13-6-4-12(5-7-13)15-10-17/h2-10H,1H3;3-10,16H,1H2,2H3,(H,15,17)/b;11-8+,14-9?. The molecule has 0 unspecified atom stereocenters. The highest BCUT2D eigenvalue weighted by Crippen LogP contribution is 2.29. The molecule has 2 N–H and O–H groups in total. The number of fused-ring (bicyclic) bond motifs is 1. The number of rotatable bonds is 8. The first-order valence-electron chi connectivity index (χ1n) is 11.1. The van der Waals surface area contributed by atoms with E-state index in [1.54, 1.807) is 37.7 Å². The Morgan fingerprint density at radius 1 is 1.03 bits per heavy atom. The van der Waals surface area contributed by atoms with Crippen molar-refractivity contribution in [2.75, 3.05) is 17.7 Å². The zero-order valence-electron chi connectivity index (χ0n) is 20.1. The van der Waals surface area contributed by atoms with E-state index in [2.05, 4.69) is 27.2 Å². The van der Waals surface area contributed by atoms with E-state index in [-0.39, 0.29) is 5.82 Å². The molecule has 6 nitrogen and oxygen atoms in total. The van der Waals surface area contributed by atoms with Crippen LogP contribution in [0, 0.1) is 12.7 Å². The lowest BCUT2D eigenvalue weighted by Crippen LogP contribution is -1.98. The molecule has 0 atom stereocenters. The summed E-state index contributed by atoms with van der Waals surface area (Å²) in [6.07, 6.45) is 7.52. The Labute approximate surface area is 209 Å². The summed E-state index contributed by atoms with van der Waals surface area (Å²) in [5.74, 6) is 1.03. The number of benzene rings is 3. The van der Waals surface area contributed by atoms with E-state index >= 15 is 0 Å². The largest absolute Gasteiger partial charge is 0.457 e. The smallest absolute Gasteiger partial charge is 0.211 e. The Balaban J connectivity index is 0.000000202. The number of aromatic nitrogens is 1. The summed E-state index contributed by atoms with van der Waals surface area (Å²) in [5, 5.41) is 6.41. The highest BCUT2D eigenvalue weighted by molar-refractivity contribution is 5.85. The lowest BCUT2D eigenvalue weighted by Gasteiger charge is -2.08. The molecule has 7 heteroatoms. The van der Waals surface area contributed by atoms with E-state index in [1.165, 1.54) is 12.1 Å². The summed E-state index contributed by atoms with van der Waals surface area (Å²) in [5.41, 5.74) is 4.40. The fraction of sp³-hybridized carbons (Fsp3) is 0.0690. The first-order chi connectivity index (χ1) is 17.5. The van der Waals surface area contributed by atoms with Gasteiger partial charge >= 0.3 is 0 Å². The molecule has 36 heavy (non-hydrogen) atoms. The highest BCUT2D eigenvalue weighted by Gasteiger charge is 2.05. The molecular formula is C29H27FN4O2. The molecule has 0 spiro atoms. The summed E-state index contributed by atoms with van der Waals surface area (Å²) >= 11 is 0. The molecule has 0 bridgehead atoms. The second-order valence-electron chi connectivity index (χ2n) is 7.58. The average Bonchev–Trinajstić information content (AvgIpc) is 2.90. The first kappa shape index (κ1) is 25.8. The molecule has 0 saturated carbocycles. The van der Waals surface area contributed by atoms with Crippen molar-refractivity contribution < 1.29 is 13.9 Å². The number of anilines is 2. The quantitative estimate of drug-likeness (QED) is 0.163. The Morgan fingerprint density at radius 3 is 2.42 bits per heavy atom. The molecule has 4 aromatic rings. The van der Waals surface area contributed by atoms with Gasteiger partial charge in [0.2, 0.25) is 6.41 Å². The van der Waals surface area contributed by atoms with Crippen LogP contribution in [-0.4, -0.2) is 24.7 Å². The molecule has 0 fully saturated rings. The van der Waals surface area contributed by atoms with Gasteiger partial charge in [-0.2, -0.15) is 0 Å². The van der Waals surface area contributed by atoms with Crippen molar-refractivity contribution in [3.63, 3.8) is 0 Å². The molecule has 1 amide bonds. The second-order valence-corrected chi connectivity index (χ2v) is 7.58. The first-order valence-corrected chi connectivity index (χ1v) is 11.1. The number of aliphatic imine (C=N–C) groups is 1. The van der Waals surface area contributed by atoms with Gasteiger partial charge in [0.25, 0.3) is 0 Å². The Bertz CT molecular complexity index is 1360. The third kappa shape index (κ3) is 7.63. The third-order valence-electron chi connectivity index (χ3n) is 4.93. The van der Waals surface area contributed by atoms with Crippen LogP contribution in [0.1, 0.15) is 5.56 Å². The van der Waals surface area contributed by atoms with Gasteiger partial charge in [0.05, 0.1) is 5.52 Å². The van der Waals surface area contributed by atoms with E-state index in [0.717, 1.165) is 28.4 Å². The van der Waals surface area contributed by atoms with E-state index in [9.17, 15) is 9.18 Å². The predicted octanol–water partition coefficient (Wildman–Crippen LogP) is 6.91. The monoisotopic (exact) mass is 482 g/mol. The van der Waals surface area contributed by atoms with Crippen LogP contribution in [0.4, 0.5) is 15.8 Å². The van der Waals surface area contributed by atoms with Crippen LogP contribution in [0.2, 0.25) is 0 Å². The van der Waals surface area contributed by atoms with E-state index in [0.29, 0.717) is 23.1 Å². The zero-order valence-corrected chi connectivity index (χ0v) is 20.1. The van der Waals surface area contributed by atoms with Crippen molar-refractivity contribution >= 4 is 34.9 Å². The summed E-state index contributed by atoms with van der Waals surface area (Å²) in [7, 11) is 1.71. The number of nitrogens with zero attached hydrogens (tertiary/aromatic N) is 2. The number of amides is 1. The number of carbonyl (C=O) groups excluding carboxylic acids is 1. The number of carbonyl (C=O) groups is 1. The molecule has 4 rings (SSSR count). The molecule has 1 aromatic heterocycles. The Hall–Kier alpha value is -4.78. The van der Waals surface area contributed by atoms with Crippen molar-refractivity contribution in [1.82, 2.24) is 4.98 Å². The molecule has 3 aromatic carbocycles. The summed E-state index contributed by atoms with van der Waals surface area (Å²) in [4.78, 5) is 18.3. The number of hydrogen-bond acceptors (Lipinski definition) is 5. The van der Waals surface area contributed by atoms with Gasteiger partial charge in [-0.15, -0.1) is 0 Å². The van der Waals surface area contributed by atoms with E-state index in [4.69, 9.17) is 4.74 Å². The topological polar surface area (TPSA) is 75.6 Å². The van der Waals surface area contributed by atoms with Crippen LogP contribution in [0.15, 0.2) is 108 Å². The van der Waals surface area contributed by atoms with Crippen molar-refractivity contribution in [2.45, 2.75) is 6.92 Å². The van der Waals surface area contributed by atoms with Gasteiger partial charge in [0, 0.05) is 41.9 Å². The number of allylic oxidation sites excluding steroid dienone is 2. The maximum absolute atomic E-state index is 13.3. The van der Waals surface area contributed by atoms with E-state index in [1.807, 2.05) is 61.5 Å². The lowest BCUT2D eigenvalue weighted by atomic mass is 10.2. The molecule has 0 aliphatic heterocycles. The van der Waals surface area contributed by atoms with Gasteiger partial charge in [-0.25, -0.2) is 4.39 Å². The molecular weight excluding hydrogens is 455 g/mol. The Morgan fingerprint density at radius 2 is 1.75 bits per heavy atom. The maximum Gasteiger partial charge on any atom is 0.211 e. The molecule has 0 radical (unpaired) electrons. The lowest BCUT2D eigenvalue weighted by molar-refractivity contribution is -0.105. The fourth-order valence-corrected chi connectivity index (χ4v) is 3.12. The fourth-order valence-electron chi connectivity index (χ4n) is 3.12. The zero-order chi connectivity index (χ0) is 25.8. The summed E-state index contributed by atoms with van der Waals surface area (Å²) in [6.45, 7) is 5.72. The van der Waals surface area contributed by atoms with Crippen LogP contribution >= 0.6 is 0 Å². The minimum absolute atomic E-state index is 0.297. The van der Waals surface area contributed by atoms with Gasteiger partial charge in [-0.05, 0) is 79.7 Å². The second kappa shape index (κ2) is 13.2.